The van der Waals surface area contributed by atoms with Crippen LogP contribution in [0, 0.1) is 5.92 Å². The quantitative estimate of drug-likeness (QED) is 0.710. The van der Waals surface area contributed by atoms with Crippen molar-refractivity contribution in [1.82, 2.24) is 10.6 Å². The Hall–Kier alpha value is -1.42. The fraction of sp³-hybridized carbons (Fsp3) is 0.381. The third-order valence-corrected chi connectivity index (χ3v) is 4.85. The van der Waals surface area contributed by atoms with Gasteiger partial charge in [-0.2, -0.15) is 0 Å². The highest BCUT2D eigenvalue weighted by Crippen LogP contribution is 2.38. The minimum Gasteiger partial charge on any atom is -0.368 e. The summed E-state index contributed by atoms with van der Waals surface area (Å²) in [5.41, 5.74) is 3.88. The first kappa shape index (κ1) is 19.9. The van der Waals surface area contributed by atoms with Crippen LogP contribution in [0.4, 0.5) is 0 Å². The van der Waals surface area contributed by atoms with Gasteiger partial charge in [0.05, 0.1) is 11.0 Å². The summed E-state index contributed by atoms with van der Waals surface area (Å²) in [4.78, 5) is 0.951. The van der Waals surface area contributed by atoms with Gasteiger partial charge in [-0.3, -0.25) is 0 Å². The van der Waals surface area contributed by atoms with Gasteiger partial charge >= 0.3 is 0 Å². The molecule has 0 bridgehead atoms. The Morgan fingerprint density at radius 1 is 1.04 bits per heavy atom. The van der Waals surface area contributed by atoms with Crippen molar-refractivity contribution in [3.8, 4) is 0 Å². The number of thiocarbonyl (C=S) groups is 1. The van der Waals surface area contributed by atoms with Crippen LogP contribution in [0.3, 0.4) is 0 Å². The summed E-state index contributed by atoms with van der Waals surface area (Å²) < 4.78 is 0. The van der Waals surface area contributed by atoms with Crippen molar-refractivity contribution >= 4 is 28.8 Å². The molecule has 0 amide bonds. The third-order valence-electron chi connectivity index (χ3n) is 4.20. The van der Waals surface area contributed by atoms with Gasteiger partial charge in [0.15, 0.2) is 0 Å². The molecule has 0 saturated heterocycles. The molecule has 2 atom stereocenters. The van der Waals surface area contributed by atoms with E-state index in [4.69, 9.17) is 23.8 Å². The molecule has 0 aliphatic carbocycles. The van der Waals surface area contributed by atoms with Crippen molar-refractivity contribution in [2.45, 2.75) is 32.2 Å². The van der Waals surface area contributed by atoms with Gasteiger partial charge in [-0.25, -0.2) is 0 Å². The van der Waals surface area contributed by atoms with E-state index < -0.39 is 0 Å². The van der Waals surface area contributed by atoms with E-state index in [1.807, 2.05) is 26.2 Å². The van der Waals surface area contributed by atoms with E-state index in [0.717, 1.165) is 16.4 Å². The zero-order valence-electron chi connectivity index (χ0n) is 15.3. The molecule has 2 nitrogen and oxygen atoms in total. The Labute approximate surface area is 162 Å². The van der Waals surface area contributed by atoms with Gasteiger partial charge in [0.2, 0.25) is 0 Å². The number of nitrogens with one attached hydrogen (secondary N) is 2. The zero-order chi connectivity index (χ0) is 18.4. The number of fused-ring (bicyclic) bond motifs is 1. The zero-order valence-corrected chi connectivity index (χ0v) is 16.9. The molecule has 2 aromatic rings. The van der Waals surface area contributed by atoms with E-state index in [0.29, 0.717) is 11.8 Å². The second-order valence-corrected chi connectivity index (χ2v) is 7.68. The van der Waals surface area contributed by atoms with E-state index in [9.17, 15) is 0 Å². The molecule has 4 heteroatoms. The number of halogens is 1. The summed E-state index contributed by atoms with van der Waals surface area (Å²) in [7, 11) is 3.75. The van der Waals surface area contributed by atoms with E-state index >= 15 is 0 Å². The third kappa shape index (κ3) is 5.04. The first-order valence-corrected chi connectivity index (χ1v) is 9.49. The molecule has 0 spiro atoms. The second-order valence-electron chi connectivity index (χ2n) is 6.80. The molecule has 2 unspecified atom stereocenters. The Kier molecular flexibility index (Phi) is 7.42. The van der Waals surface area contributed by atoms with Crippen molar-refractivity contribution in [3.05, 3.63) is 70.2 Å². The number of benzene rings is 2. The highest BCUT2D eigenvalue weighted by molar-refractivity contribution is 7.80. The lowest BCUT2D eigenvalue weighted by Gasteiger charge is -2.35. The monoisotopic (exact) mass is 374 g/mol. The van der Waals surface area contributed by atoms with Gasteiger partial charge in [0.1, 0.15) is 0 Å². The first-order chi connectivity index (χ1) is 12.0. The van der Waals surface area contributed by atoms with Crippen molar-refractivity contribution in [2.24, 2.45) is 5.92 Å². The summed E-state index contributed by atoms with van der Waals surface area (Å²) in [6, 6.07) is 16.8. The summed E-state index contributed by atoms with van der Waals surface area (Å²) in [6.45, 7) is 4.49. The predicted octanol–water partition coefficient (Wildman–Crippen LogP) is 5.33. The molecule has 0 fully saturated rings. The van der Waals surface area contributed by atoms with Crippen LogP contribution in [0.25, 0.3) is 0 Å². The average Bonchev–Trinajstić information content (AvgIpc) is 2.58. The van der Waals surface area contributed by atoms with Crippen LogP contribution < -0.4 is 10.6 Å². The Morgan fingerprint density at radius 3 is 2.16 bits per heavy atom. The van der Waals surface area contributed by atoms with Crippen LogP contribution >= 0.6 is 23.8 Å². The summed E-state index contributed by atoms with van der Waals surface area (Å²) in [5, 5.41) is 7.06. The van der Waals surface area contributed by atoms with Crippen molar-refractivity contribution in [2.75, 3.05) is 14.1 Å². The van der Waals surface area contributed by atoms with Gasteiger partial charge in [-0.15, -0.1) is 0 Å². The maximum atomic E-state index is 6.01. The van der Waals surface area contributed by atoms with Crippen LogP contribution in [-0.2, 0) is 0 Å². The highest BCUT2D eigenvalue weighted by atomic mass is 35.5. The minimum absolute atomic E-state index is 0.115. The summed E-state index contributed by atoms with van der Waals surface area (Å²) in [6.07, 6.45) is 1.08. The lowest BCUT2D eigenvalue weighted by molar-refractivity contribution is 0.540. The lowest BCUT2D eigenvalue weighted by Crippen LogP contribution is -2.38. The average molecular weight is 375 g/mol. The van der Waals surface area contributed by atoms with E-state index in [1.165, 1.54) is 16.7 Å². The maximum absolute atomic E-state index is 6.01. The molecule has 0 radical (unpaired) electrons. The minimum atomic E-state index is 0.115. The van der Waals surface area contributed by atoms with E-state index in [-0.39, 0.29) is 6.04 Å². The van der Waals surface area contributed by atoms with Crippen molar-refractivity contribution in [3.63, 3.8) is 0 Å². The van der Waals surface area contributed by atoms with Crippen LogP contribution in [0.15, 0.2) is 48.5 Å². The molecule has 0 saturated carbocycles. The Balaban J connectivity index is 0.000000701. The van der Waals surface area contributed by atoms with Gasteiger partial charge in [-0.05, 0) is 55.3 Å². The summed E-state index contributed by atoms with van der Waals surface area (Å²) in [5.74, 6) is 0.930. The molecule has 2 N–H and O–H groups in total. The predicted molar refractivity (Wildman–Crippen MR) is 113 cm³/mol. The summed E-state index contributed by atoms with van der Waals surface area (Å²) >= 11 is 11.7. The van der Waals surface area contributed by atoms with E-state index in [2.05, 4.69) is 60.9 Å². The smallest absolute Gasteiger partial charge is 0.0836 e. The molecular weight excluding hydrogens is 348 g/mol. The van der Waals surface area contributed by atoms with Crippen LogP contribution in [-0.4, -0.2) is 19.1 Å². The Morgan fingerprint density at radius 2 is 1.60 bits per heavy atom. The maximum Gasteiger partial charge on any atom is 0.0836 e. The van der Waals surface area contributed by atoms with Crippen LogP contribution in [0.5, 0.6) is 0 Å². The second kappa shape index (κ2) is 9.33. The topological polar surface area (TPSA) is 24.1 Å². The molecule has 2 aromatic carbocycles. The van der Waals surface area contributed by atoms with Gasteiger partial charge in [0, 0.05) is 10.9 Å². The number of hydrogen-bond acceptors (Lipinski definition) is 2. The molecule has 1 aliphatic heterocycles. The normalized spacial score (nSPS) is 18.9. The largest absolute Gasteiger partial charge is 0.368 e. The Bertz CT molecular complexity index is 697. The fourth-order valence-electron chi connectivity index (χ4n) is 3.18. The van der Waals surface area contributed by atoms with Crippen molar-refractivity contribution < 1.29 is 0 Å². The number of rotatable bonds is 3. The van der Waals surface area contributed by atoms with Crippen LogP contribution in [0.1, 0.15) is 48.9 Å². The molecule has 1 aliphatic rings. The molecule has 3 rings (SSSR count). The van der Waals surface area contributed by atoms with Crippen LogP contribution in [0.2, 0.25) is 5.02 Å². The number of hydrogen-bond donors (Lipinski definition) is 2. The highest BCUT2D eigenvalue weighted by Gasteiger charge is 2.31. The fourth-order valence-corrected chi connectivity index (χ4v) is 3.64. The molecular formula is C21H27ClN2S. The SMILES string of the molecule is CC(C)CC1C(=S)NC(c2ccc(Cl)cc2)c2ccccc21.CNC. The molecule has 134 valence electrons. The van der Waals surface area contributed by atoms with Crippen molar-refractivity contribution in [1.29, 1.82) is 0 Å². The van der Waals surface area contributed by atoms with Gasteiger partial charge in [0.25, 0.3) is 0 Å². The molecule has 25 heavy (non-hydrogen) atoms. The van der Waals surface area contributed by atoms with E-state index in [1.54, 1.807) is 0 Å². The molecule has 0 aromatic heterocycles. The molecule has 1 heterocycles. The first-order valence-electron chi connectivity index (χ1n) is 8.71. The standard InChI is InChI=1S/C19H20ClNS.C2H7N/c1-12(2)11-17-15-5-3-4-6-16(15)18(21-19(17)22)13-7-9-14(20)10-8-13;1-3-2/h3-10,12,17-18H,11H2,1-2H3,(H,21,22);3H,1-2H3. The lowest BCUT2D eigenvalue weighted by atomic mass is 9.80. The van der Waals surface area contributed by atoms with Gasteiger partial charge < -0.3 is 10.6 Å². The van der Waals surface area contributed by atoms with Gasteiger partial charge in [-0.1, -0.05) is 74.1 Å².